The number of anilines is 2. The highest BCUT2D eigenvalue weighted by Crippen LogP contribution is 2.26. The van der Waals surface area contributed by atoms with Gasteiger partial charge in [0.15, 0.2) is 11.5 Å². The lowest BCUT2D eigenvalue weighted by atomic mass is 10.2. The SMILES string of the molecule is CN(C)c1cccc(-c2nc3c4ccccc4nc(N[C@@H]4CNCCNC4=O)n3n2)c1. The monoisotopic (exact) mass is 416 g/mol. The van der Waals surface area contributed by atoms with Crippen molar-refractivity contribution in [2.45, 2.75) is 6.04 Å². The summed E-state index contributed by atoms with van der Waals surface area (Å²) in [7, 11) is 4.00. The maximum atomic E-state index is 12.5. The molecule has 0 radical (unpaired) electrons. The number of amides is 1. The van der Waals surface area contributed by atoms with Crippen molar-refractivity contribution in [3.05, 3.63) is 48.5 Å². The second-order valence-corrected chi connectivity index (χ2v) is 7.76. The minimum atomic E-state index is -0.455. The second kappa shape index (κ2) is 7.84. The zero-order valence-corrected chi connectivity index (χ0v) is 17.5. The van der Waals surface area contributed by atoms with Crippen LogP contribution >= 0.6 is 0 Å². The molecule has 9 heteroatoms. The lowest BCUT2D eigenvalue weighted by Crippen LogP contribution is -2.42. The molecule has 0 unspecified atom stereocenters. The largest absolute Gasteiger partial charge is 0.378 e. The number of fused-ring (bicyclic) bond motifs is 3. The molecule has 3 heterocycles. The second-order valence-electron chi connectivity index (χ2n) is 7.76. The van der Waals surface area contributed by atoms with Crippen LogP contribution in [-0.4, -0.2) is 65.3 Å². The van der Waals surface area contributed by atoms with Gasteiger partial charge >= 0.3 is 0 Å². The zero-order valence-electron chi connectivity index (χ0n) is 17.5. The van der Waals surface area contributed by atoms with E-state index >= 15 is 0 Å². The Morgan fingerprint density at radius 1 is 1.10 bits per heavy atom. The van der Waals surface area contributed by atoms with Gasteiger partial charge in [-0.1, -0.05) is 24.3 Å². The highest BCUT2D eigenvalue weighted by Gasteiger charge is 2.23. The molecular formula is C22H24N8O. The number of carbonyl (C=O) groups is 1. The van der Waals surface area contributed by atoms with Crippen LogP contribution in [0.2, 0.25) is 0 Å². The summed E-state index contributed by atoms with van der Waals surface area (Å²) < 4.78 is 1.69. The van der Waals surface area contributed by atoms with Gasteiger partial charge in [0, 0.05) is 50.4 Å². The predicted octanol–water partition coefficient (Wildman–Crippen LogP) is 1.51. The Morgan fingerprint density at radius 3 is 2.84 bits per heavy atom. The molecule has 1 amide bonds. The van der Waals surface area contributed by atoms with Crippen LogP contribution in [0.15, 0.2) is 48.5 Å². The number of carbonyl (C=O) groups excluding carboxylic acids is 1. The summed E-state index contributed by atoms with van der Waals surface area (Å²) in [5.41, 5.74) is 3.47. The number of para-hydroxylation sites is 1. The summed E-state index contributed by atoms with van der Waals surface area (Å²) in [5, 5.41) is 15.1. The number of nitrogens with zero attached hydrogens (tertiary/aromatic N) is 5. The smallest absolute Gasteiger partial charge is 0.243 e. The van der Waals surface area contributed by atoms with Gasteiger partial charge in [0.05, 0.1) is 5.52 Å². The molecule has 2 aromatic carbocycles. The van der Waals surface area contributed by atoms with Crippen molar-refractivity contribution < 1.29 is 4.79 Å². The van der Waals surface area contributed by atoms with Gasteiger partial charge < -0.3 is 20.9 Å². The minimum absolute atomic E-state index is 0.0628. The van der Waals surface area contributed by atoms with E-state index in [0.717, 1.165) is 28.7 Å². The molecule has 1 saturated heterocycles. The molecule has 9 nitrogen and oxygen atoms in total. The van der Waals surface area contributed by atoms with Crippen LogP contribution in [0.5, 0.6) is 0 Å². The fourth-order valence-corrected chi connectivity index (χ4v) is 3.70. The van der Waals surface area contributed by atoms with Crippen LogP contribution in [0.3, 0.4) is 0 Å². The van der Waals surface area contributed by atoms with Gasteiger partial charge in [-0.3, -0.25) is 4.79 Å². The first-order chi connectivity index (χ1) is 15.1. The van der Waals surface area contributed by atoms with Crippen LogP contribution in [0.1, 0.15) is 0 Å². The van der Waals surface area contributed by atoms with Crippen molar-refractivity contribution in [1.82, 2.24) is 30.2 Å². The molecule has 31 heavy (non-hydrogen) atoms. The lowest BCUT2D eigenvalue weighted by molar-refractivity contribution is -0.121. The van der Waals surface area contributed by atoms with Gasteiger partial charge in [-0.2, -0.15) is 4.52 Å². The first kappa shape index (κ1) is 19.3. The fourth-order valence-electron chi connectivity index (χ4n) is 3.70. The van der Waals surface area contributed by atoms with Gasteiger partial charge in [0.2, 0.25) is 11.9 Å². The number of rotatable bonds is 4. The number of aromatic nitrogens is 4. The van der Waals surface area contributed by atoms with Gasteiger partial charge in [0.25, 0.3) is 0 Å². The van der Waals surface area contributed by atoms with E-state index in [9.17, 15) is 4.79 Å². The molecule has 1 aliphatic heterocycles. The summed E-state index contributed by atoms with van der Waals surface area (Å²) in [6.07, 6.45) is 0. The molecule has 158 valence electrons. The van der Waals surface area contributed by atoms with E-state index in [-0.39, 0.29) is 5.91 Å². The molecule has 4 aromatic rings. The average Bonchev–Trinajstić information content (AvgIpc) is 3.14. The molecule has 0 bridgehead atoms. The fraction of sp³-hybridized carbons (Fsp3) is 0.273. The van der Waals surface area contributed by atoms with Crippen LogP contribution in [0.25, 0.3) is 27.9 Å². The van der Waals surface area contributed by atoms with E-state index in [1.165, 1.54) is 0 Å². The van der Waals surface area contributed by atoms with Gasteiger partial charge in [-0.15, -0.1) is 5.10 Å². The maximum absolute atomic E-state index is 12.5. The third kappa shape index (κ3) is 3.64. The quantitative estimate of drug-likeness (QED) is 0.464. The predicted molar refractivity (Wildman–Crippen MR) is 121 cm³/mol. The first-order valence-corrected chi connectivity index (χ1v) is 10.3. The van der Waals surface area contributed by atoms with Crippen molar-refractivity contribution in [3.8, 4) is 11.4 Å². The Kier molecular flexibility index (Phi) is 4.87. The minimum Gasteiger partial charge on any atom is -0.378 e. The van der Waals surface area contributed by atoms with Crippen molar-refractivity contribution in [1.29, 1.82) is 0 Å². The van der Waals surface area contributed by atoms with Gasteiger partial charge in [0.1, 0.15) is 6.04 Å². The Balaban J connectivity index is 1.65. The average molecular weight is 416 g/mol. The number of hydrogen-bond acceptors (Lipinski definition) is 7. The molecule has 1 atom stereocenters. The standard InChI is InChI=1S/C22H24N8O/c1-29(2)15-7-5-6-14(12-15)19-27-20-16-8-3-4-9-17(16)25-22(30(20)28-19)26-18-13-23-10-11-24-21(18)31/h3-9,12,18,23H,10-11,13H2,1-2H3,(H,24,31)(H,25,26)/t18-/m1/s1. The first-order valence-electron chi connectivity index (χ1n) is 10.3. The van der Waals surface area contributed by atoms with Gasteiger partial charge in [-0.05, 0) is 24.3 Å². The third-order valence-electron chi connectivity index (χ3n) is 5.37. The summed E-state index contributed by atoms with van der Waals surface area (Å²) in [4.78, 5) is 24.1. The Hall–Kier alpha value is -3.72. The summed E-state index contributed by atoms with van der Waals surface area (Å²) >= 11 is 0. The maximum Gasteiger partial charge on any atom is 0.243 e. The molecule has 0 spiro atoms. The summed E-state index contributed by atoms with van der Waals surface area (Å²) in [6, 6.07) is 15.4. The summed E-state index contributed by atoms with van der Waals surface area (Å²) in [6.45, 7) is 1.85. The van der Waals surface area contributed by atoms with Gasteiger partial charge in [-0.25, -0.2) is 9.97 Å². The zero-order chi connectivity index (χ0) is 21.4. The molecule has 1 fully saturated rings. The third-order valence-corrected chi connectivity index (χ3v) is 5.37. The van der Waals surface area contributed by atoms with Crippen LogP contribution in [0.4, 0.5) is 11.6 Å². The number of hydrogen-bond donors (Lipinski definition) is 3. The summed E-state index contributed by atoms with van der Waals surface area (Å²) in [5.74, 6) is 1.03. The molecule has 0 saturated carbocycles. The van der Waals surface area contributed by atoms with Crippen molar-refractivity contribution in [2.75, 3.05) is 43.9 Å². The normalized spacial score (nSPS) is 16.8. The van der Waals surface area contributed by atoms with E-state index in [2.05, 4.69) is 22.0 Å². The van der Waals surface area contributed by atoms with Crippen LogP contribution in [0, 0.1) is 0 Å². The number of nitrogens with one attached hydrogen (secondary N) is 3. The van der Waals surface area contributed by atoms with Crippen LogP contribution < -0.4 is 20.9 Å². The Bertz CT molecular complexity index is 1270. The van der Waals surface area contributed by atoms with E-state index in [1.54, 1.807) is 4.52 Å². The molecular weight excluding hydrogens is 392 g/mol. The molecule has 3 N–H and O–H groups in total. The molecule has 2 aromatic heterocycles. The van der Waals surface area contributed by atoms with Crippen molar-refractivity contribution in [2.24, 2.45) is 0 Å². The van der Waals surface area contributed by atoms with Crippen molar-refractivity contribution in [3.63, 3.8) is 0 Å². The molecule has 0 aliphatic carbocycles. The van der Waals surface area contributed by atoms with E-state index in [4.69, 9.17) is 15.1 Å². The molecule has 1 aliphatic rings. The number of benzene rings is 2. The molecule has 5 rings (SSSR count). The highest BCUT2D eigenvalue weighted by atomic mass is 16.2. The topological polar surface area (TPSA) is 99.5 Å². The van der Waals surface area contributed by atoms with E-state index in [0.29, 0.717) is 30.5 Å². The highest BCUT2D eigenvalue weighted by molar-refractivity contribution is 5.93. The van der Waals surface area contributed by atoms with Crippen LogP contribution in [-0.2, 0) is 4.79 Å². The van der Waals surface area contributed by atoms with E-state index in [1.807, 2.05) is 61.5 Å². The Labute approximate surface area is 179 Å². The Morgan fingerprint density at radius 2 is 1.97 bits per heavy atom. The van der Waals surface area contributed by atoms with Crippen molar-refractivity contribution >= 4 is 34.1 Å². The van der Waals surface area contributed by atoms with E-state index < -0.39 is 6.04 Å². The lowest BCUT2D eigenvalue weighted by Gasteiger charge is -2.16.